The summed E-state index contributed by atoms with van der Waals surface area (Å²) in [5.41, 5.74) is 0.884. The molecule has 2 heterocycles. The van der Waals surface area contributed by atoms with E-state index in [1.807, 2.05) is 24.3 Å². The van der Waals surface area contributed by atoms with Crippen LogP contribution in [0.1, 0.15) is 6.42 Å². The van der Waals surface area contributed by atoms with Crippen LogP contribution in [-0.2, 0) is 9.53 Å². The Labute approximate surface area is 195 Å². The third-order valence-electron chi connectivity index (χ3n) is 5.02. The van der Waals surface area contributed by atoms with Crippen molar-refractivity contribution in [3.8, 4) is 5.75 Å². The van der Waals surface area contributed by atoms with Gasteiger partial charge in [0.1, 0.15) is 5.75 Å². The van der Waals surface area contributed by atoms with Gasteiger partial charge in [0.05, 0.1) is 28.5 Å². The van der Waals surface area contributed by atoms with Crippen LogP contribution >= 0.6 is 34.5 Å². The highest BCUT2D eigenvalue weighted by atomic mass is 35.5. The molecule has 1 aliphatic heterocycles. The van der Waals surface area contributed by atoms with Gasteiger partial charge < -0.3 is 9.47 Å². The average molecular weight is 480 g/mol. The first-order chi connectivity index (χ1) is 15.1. The number of nitrogens with zero attached hydrogens (tertiary/aromatic N) is 3. The number of para-hydroxylation sites is 1. The molecule has 4 rings (SSSR count). The van der Waals surface area contributed by atoms with Gasteiger partial charge in [0.25, 0.3) is 5.91 Å². The molecule has 1 amide bonds. The van der Waals surface area contributed by atoms with Gasteiger partial charge in [0, 0.05) is 31.2 Å². The van der Waals surface area contributed by atoms with Crippen LogP contribution in [0.4, 0.5) is 5.13 Å². The van der Waals surface area contributed by atoms with E-state index in [2.05, 4.69) is 9.88 Å². The second kappa shape index (κ2) is 10.6. The number of morpholine rings is 1. The molecule has 0 aliphatic carbocycles. The molecule has 3 aromatic rings. The highest BCUT2D eigenvalue weighted by molar-refractivity contribution is 7.22. The monoisotopic (exact) mass is 479 g/mol. The molecule has 0 N–H and O–H groups in total. The molecule has 1 saturated heterocycles. The molecule has 0 radical (unpaired) electrons. The highest BCUT2D eigenvalue weighted by Crippen LogP contribution is 2.30. The molecule has 2 aromatic carbocycles. The maximum atomic E-state index is 13.1. The molecule has 1 aliphatic rings. The van der Waals surface area contributed by atoms with Gasteiger partial charge in [-0.3, -0.25) is 14.6 Å². The topological polar surface area (TPSA) is 54.9 Å². The molecule has 0 spiro atoms. The molecule has 1 aromatic heterocycles. The van der Waals surface area contributed by atoms with Crippen LogP contribution in [0.15, 0.2) is 42.5 Å². The Morgan fingerprint density at radius 1 is 1.19 bits per heavy atom. The minimum absolute atomic E-state index is 0.130. The first-order valence-electron chi connectivity index (χ1n) is 10.1. The Bertz CT molecular complexity index is 1010. The van der Waals surface area contributed by atoms with Gasteiger partial charge in [-0.25, -0.2) is 4.98 Å². The number of fused-ring (bicyclic) bond motifs is 1. The summed E-state index contributed by atoms with van der Waals surface area (Å²) in [5, 5.41) is 1.57. The predicted molar refractivity (Wildman–Crippen MR) is 126 cm³/mol. The summed E-state index contributed by atoms with van der Waals surface area (Å²) in [6, 6.07) is 12.8. The van der Waals surface area contributed by atoms with E-state index in [0.29, 0.717) is 27.5 Å². The minimum atomic E-state index is -0.160. The molecule has 0 bridgehead atoms. The largest absolute Gasteiger partial charge is 0.482 e. The number of rotatable bonds is 8. The summed E-state index contributed by atoms with van der Waals surface area (Å²) in [4.78, 5) is 21.9. The van der Waals surface area contributed by atoms with Crippen LogP contribution in [0.5, 0.6) is 5.75 Å². The standard InChI is InChI=1S/C22H23Cl2N3O3S/c23-16-6-7-19(17(24)14-16)30-15-21(28)27(9-3-8-26-10-12-29-13-11-26)22-25-18-4-1-2-5-20(18)31-22/h1-2,4-7,14H,3,8-13,15H2. The number of carbonyl (C=O) groups excluding carboxylic acids is 1. The van der Waals surface area contributed by atoms with Gasteiger partial charge >= 0.3 is 0 Å². The lowest BCUT2D eigenvalue weighted by Crippen LogP contribution is -2.40. The summed E-state index contributed by atoms with van der Waals surface area (Å²) in [5.74, 6) is 0.268. The van der Waals surface area contributed by atoms with Gasteiger partial charge in [-0.1, -0.05) is 46.7 Å². The molecular formula is C22H23Cl2N3O3S. The van der Waals surface area contributed by atoms with Crippen LogP contribution in [0.25, 0.3) is 10.2 Å². The fourth-order valence-electron chi connectivity index (χ4n) is 3.39. The Morgan fingerprint density at radius 3 is 2.77 bits per heavy atom. The van der Waals surface area contributed by atoms with Crippen molar-refractivity contribution in [1.82, 2.24) is 9.88 Å². The Morgan fingerprint density at radius 2 is 2.00 bits per heavy atom. The summed E-state index contributed by atoms with van der Waals surface area (Å²) < 4.78 is 12.2. The zero-order valence-electron chi connectivity index (χ0n) is 16.9. The lowest BCUT2D eigenvalue weighted by molar-refractivity contribution is -0.120. The van der Waals surface area contributed by atoms with E-state index in [4.69, 9.17) is 32.7 Å². The molecule has 31 heavy (non-hydrogen) atoms. The van der Waals surface area contributed by atoms with Gasteiger partial charge in [0.15, 0.2) is 11.7 Å². The van der Waals surface area contributed by atoms with Crippen molar-refractivity contribution < 1.29 is 14.3 Å². The number of carbonyl (C=O) groups is 1. The smallest absolute Gasteiger partial charge is 0.266 e. The third kappa shape index (κ3) is 5.87. The molecule has 6 nitrogen and oxygen atoms in total. The number of amides is 1. The SMILES string of the molecule is O=C(COc1ccc(Cl)cc1Cl)N(CCCN1CCOCC1)c1nc2ccccc2s1. The first kappa shape index (κ1) is 22.3. The van der Waals surface area contributed by atoms with Crippen molar-refractivity contribution in [3.05, 3.63) is 52.5 Å². The van der Waals surface area contributed by atoms with E-state index in [1.165, 1.54) is 11.3 Å². The van der Waals surface area contributed by atoms with Crippen LogP contribution in [0, 0.1) is 0 Å². The van der Waals surface area contributed by atoms with Crippen molar-refractivity contribution in [2.75, 3.05) is 50.9 Å². The Balaban J connectivity index is 1.45. The number of halogens is 2. The maximum absolute atomic E-state index is 13.1. The molecule has 1 fully saturated rings. The second-order valence-electron chi connectivity index (χ2n) is 7.18. The number of anilines is 1. The van der Waals surface area contributed by atoms with Crippen LogP contribution in [0.2, 0.25) is 10.0 Å². The zero-order valence-corrected chi connectivity index (χ0v) is 19.3. The molecular weight excluding hydrogens is 457 g/mol. The van der Waals surface area contributed by atoms with E-state index in [-0.39, 0.29) is 12.5 Å². The molecule has 0 unspecified atom stereocenters. The van der Waals surface area contributed by atoms with Crippen molar-refractivity contribution >= 4 is 55.8 Å². The number of hydrogen-bond donors (Lipinski definition) is 0. The fourth-order valence-corrected chi connectivity index (χ4v) is 4.86. The van der Waals surface area contributed by atoms with Crippen LogP contribution < -0.4 is 9.64 Å². The van der Waals surface area contributed by atoms with Crippen molar-refractivity contribution in [1.29, 1.82) is 0 Å². The van der Waals surface area contributed by atoms with Gasteiger partial charge in [-0.05, 0) is 36.8 Å². The van der Waals surface area contributed by atoms with E-state index < -0.39 is 0 Å². The highest BCUT2D eigenvalue weighted by Gasteiger charge is 2.21. The second-order valence-corrected chi connectivity index (χ2v) is 9.03. The predicted octanol–water partition coefficient (Wildman–Crippen LogP) is 4.74. The maximum Gasteiger partial charge on any atom is 0.266 e. The number of aromatic nitrogens is 1. The van der Waals surface area contributed by atoms with Gasteiger partial charge in [0.2, 0.25) is 0 Å². The lowest BCUT2D eigenvalue weighted by Gasteiger charge is -2.27. The summed E-state index contributed by atoms with van der Waals surface area (Å²) in [6.07, 6.45) is 0.837. The third-order valence-corrected chi connectivity index (χ3v) is 6.61. The average Bonchev–Trinajstić information content (AvgIpc) is 3.20. The quantitative estimate of drug-likeness (QED) is 0.467. The van der Waals surface area contributed by atoms with E-state index in [9.17, 15) is 4.79 Å². The summed E-state index contributed by atoms with van der Waals surface area (Å²) >= 11 is 13.6. The fraction of sp³-hybridized carbons (Fsp3) is 0.364. The van der Waals surface area contributed by atoms with E-state index in [1.54, 1.807) is 23.1 Å². The van der Waals surface area contributed by atoms with Crippen molar-refractivity contribution in [2.24, 2.45) is 0 Å². The van der Waals surface area contributed by atoms with E-state index in [0.717, 1.165) is 49.5 Å². The summed E-state index contributed by atoms with van der Waals surface area (Å²) in [6.45, 7) is 4.71. The Hall–Kier alpha value is -1.90. The van der Waals surface area contributed by atoms with E-state index >= 15 is 0 Å². The van der Waals surface area contributed by atoms with Crippen molar-refractivity contribution in [2.45, 2.75) is 6.42 Å². The molecule has 0 atom stereocenters. The van der Waals surface area contributed by atoms with Gasteiger partial charge in [-0.2, -0.15) is 0 Å². The van der Waals surface area contributed by atoms with Crippen LogP contribution in [0.3, 0.4) is 0 Å². The number of hydrogen-bond acceptors (Lipinski definition) is 6. The lowest BCUT2D eigenvalue weighted by atomic mass is 10.3. The molecule has 164 valence electrons. The minimum Gasteiger partial charge on any atom is -0.482 e. The normalized spacial score (nSPS) is 14.6. The Kier molecular flexibility index (Phi) is 7.63. The van der Waals surface area contributed by atoms with Crippen LogP contribution in [-0.4, -0.2) is 61.8 Å². The first-order valence-corrected chi connectivity index (χ1v) is 11.7. The number of benzene rings is 2. The van der Waals surface area contributed by atoms with Gasteiger partial charge in [-0.15, -0.1) is 0 Å². The summed E-state index contributed by atoms with van der Waals surface area (Å²) in [7, 11) is 0. The number of ether oxygens (including phenoxy) is 2. The number of thiazole rings is 1. The molecule has 0 saturated carbocycles. The zero-order chi connectivity index (χ0) is 21.6. The molecule has 9 heteroatoms. The van der Waals surface area contributed by atoms with Crippen molar-refractivity contribution in [3.63, 3.8) is 0 Å².